The van der Waals surface area contributed by atoms with E-state index in [-0.39, 0.29) is 5.91 Å². The van der Waals surface area contributed by atoms with Gasteiger partial charge < -0.3 is 10.1 Å². The summed E-state index contributed by atoms with van der Waals surface area (Å²) in [4.78, 5) is 24.1. The zero-order chi connectivity index (χ0) is 16.1. The fraction of sp³-hybridized carbons (Fsp3) is 0.176. The topological polar surface area (TPSA) is 55.4 Å². The SMILES string of the molecule is Cc1ccccc1NC(=O)[C@@H](C)OC(=O)c1ccc(Br)cc1. The Labute approximate surface area is 137 Å². The van der Waals surface area contributed by atoms with E-state index in [4.69, 9.17) is 4.74 Å². The Morgan fingerprint density at radius 2 is 1.73 bits per heavy atom. The van der Waals surface area contributed by atoms with Crippen molar-refractivity contribution < 1.29 is 14.3 Å². The molecule has 5 heteroatoms. The summed E-state index contributed by atoms with van der Waals surface area (Å²) in [6.45, 7) is 3.44. The summed E-state index contributed by atoms with van der Waals surface area (Å²) in [6.07, 6.45) is -0.879. The lowest BCUT2D eigenvalue weighted by atomic mass is 10.2. The van der Waals surface area contributed by atoms with Crippen LogP contribution >= 0.6 is 15.9 Å². The molecule has 1 atom stereocenters. The van der Waals surface area contributed by atoms with Gasteiger partial charge in [-0.25, -0.2) is 4.79 Å². The molecule has 0 aliphatic carbocycles. The van der Waals surface area contributed by atoms with Crippen molar-refractivity contribution in [2.24, 2.45) is 0 Å². The number of hydrogen-bond acceptors (Lipinski definition) is 3. The number of anilines is 1. The Kier molecular flexibility index (Phi) is 5.33. The van der Waals surface area contributed by atoms with Crippen molar-refractivity contribution in [3.8, 4) is 0 Å². The van der Waals surface area contributed by atoms with Gasteiger partial charge in [0.15, 0.2) is 6.10 Å². The fourth-order valence-corrected chi connectivity index (χ4v) is 2.08. The molecule has 0 unspecified atom stereocenters. The van der Waals surface area contributed by atoms with Crippen LogP contribution in [0.25, 0.3) is 0 Å². The monoisotopic (exact) mass is 361 g/mol. The highest BCUT2D eigenvalue weighted by atomic mass is 79.9. The van der Waals surface area contributed by atoms with E-state index < -0.39 is 12.1 Å². The van der Waals surface area contributed by atoms with E-state index in [1.54, 1.807) is 37.3 Å². The molecule has 2 aromatic rings. The van der Waals surface area contributed by atoms with Crippen molar-refractivity contribution in [2.45, 2.75) is 20.0 Å². The normalized spacial score (nSPS) is 11.6. The van der Waals surface area contributed by atoms with Gasteiger partial charge in [-0.15, -0.1) is 0 Å². The smallest absolute Gasteiger partial charge is 0.338 e. The quantitative estimate of drug-likeness (QED) is 0.839. The number of ether oxygens (including phenoxy) is 1. The molecular formula is C17H16BrNO3. The van der Waals surface area contributed by atoms with Crippen LogP contribution in [0.1, 0.15) is 22.8 Å². The maximum Gasteiger partial charge on any atom is 0.338 e. The summed E-state index contributed by atoms with van der Waals surface area (Å²) in [5.74, 6) is -0.889. The third-order valence-electron chi connectivity index (χ3n) is 3.14. The number of amides is 1. The van der Waals surface area contributed by atoms with Crippen molar-refractivity contribution in [2.75, 3.05) is 5.32 Å². The molecule has 22 heavy (non-hydrogen) atoms. The molecule has 0 bridgehead atoms. The Hall–Kier alpha value is -2.14. The molecule has 2 rings (SSSR count). The first-order chi connectivity index (χ1) is 10.5. The molecular weight excluding hydrogens is 346 g/mol. The lowest BCUT2D eigenvalue weighted by Gasteiger charge is -2.14. The van der Waals surface area contributed by atoms with Crippen LogP contribution in [0.3, 0.4) is 0 Å². The molecule has 0 aromatic heterocycles. The first kappa shape index (κ1) is 16.2. The van der Waals surface area contributed by atoms with Crippen LogP contribution in [0.15, 0.2) is 53.0 Å². The number of carbonyl (C=O) groups is 2. The summed E-state index contributed by atoms with van der Waals surface area (Å²) in [7, 11) is 0. The van der Waals surface area contributed by atoms with Crippen molar-refractivity contribution in [1.82, 2.24) is 0 Å². The average Bonchev–Trinajstić information content (AvgIpc) is 2.50. The predicted molar refractivity (Wildman–Crippen MR) is 88.8 cm³/mol. The highest BCUT2D eigenvalue weighted by molar-refractivity contribution is 9.10. The molecule has 2 aromatic carbocycles. The number of nitrogens with one attached hydrogen (secondary N) is 1. The number of carbonyl (C=O) groups excluding carboxylic acids is 2. The third kappa shape index (κ3) is 4.18. The van der Waals surface area contributed by atoms with Gasteiger partial charge in [0.25, 0.3) is 5.91 Å². The Morgan fingerprint density at radius 1 is 1.09 bits per heavy atom. The van der Waals surface area contributed by atoms with Crippen LogP contribution in [0.4, 0.5) is 5.69 Å². The molecule has 4 nitrogen and oxygen atoms in total. The minimum absolute atomic E-state index is 0.361. The molecule has 0 aliphatic rings. The van der Waals surface area contributed by atoms with Crippen LogP contribution in [0.2, 0.25) is 0 Å². The molecule has 0 spiro atoms. The van der Waals surface area contributed by atoms with Crippen molar-refractivity contribution in [3.63, 3.8) is 0 Å². The third-order valence-corrected chi connectivity index (χ3v) is 3.66. The van der Waals surface area contributed by atoms with Gasteiger partial charge in [0.1, 0.15) is 0 Å². The summed E-state index contributed by atoms with van der Waals surface area (Å²) >= 11 is 3.30. The highest BCUT2D eigenvalue weighted by Gasteiger charge is 2.19. The average molecular weight is 362 g/mol. The Balaban J connectivity index is 1.98. The van der Waals surface area contributed by atoms with E-state index >= 15 is 0 Å². The van der Waals surface area contributed by atoms with Crippen LogP contribution < -0.4 is 5.32 Å². The molecule has 0 heterocycles. The lowest BCUT2D eigenvalue weighted by Crippen LogP contribution is -2.30. The number of esters is 1. The molecule has 0 fully saturated rings. The second-order valence-electron chi connectivity index (χ2n) is 4.86. The number of hydrogen-bond donors (Lipinski definition) is 1. The standard InChI is InChI=1S/C17H16BrNO3/c1-11-5-3-4-6-15(11)19-16(20)12(2)22-17(21)13-7-9-14(18)10-8-13/h3-10,12H,1-2H3,(H,19,20)/t12-/m1/s1. The summed E-state index contributed by atoms with van der Waals surface area (Å²) in [5, 5.41) is 2.75. The number of para-hydroxylation sites is 1. The number of aryl methyl sites for hydroxylation is 1. The van der Waals surface area contributed by atoms with Gasteiger partial charge in [-0.05, 0) is 49.7 Å². The van der Waals surface area contributed by atoms with Crippen molar-refractivity contribution in [3.05, 3.63) is 64.1 Å². The zero-order valence-electron chi connectivity index (χ0n) is 12.3. The molecule has 0 saturated heterocycles. The van der Waals surface area contributed by atoms with Gasteiger partial charge in [0, 0.05) is 10.2 Å². The van der Waals surface area contributed by atoms with E-state index in [2.05, 4.69) is 21.2 Å². The minimum atomic E-state index is -0.879. The van der Waals surface area contributed by atoms with Crippen molar-refractivity contribution >= 4 is 33.5 Å². The zero-order valence-corrected chi connectivity index (χ0v) is 13.9. The van der Waals surface area contributed by atoms with Gasteiger partial charge in [-0.3, -0.25) is 4.79 Å². The maximum absolute atomic E-state index is 12.1. The van der Waals surface area contributed by atoms with Gasteiger partial charge >= 0.3 is 5.97 Å². The molecule has 0 aliphatic heterocycles. The molecule has 114 valence electrons. The molecule has 0 radical (unpaired) electrons. The summed E-state index contributed by atoms with van der Waals surface area (Å²) < 4.78 is 6.05. The second-order valence-corrected chi connectivity index (χ2v) is 5.77. The first-order valence-electron chi connectivity index (χ1n) is 6.80. The Bertz CT molecular complexity index is 683. The maximum atomic E-state index is 12.1. The van der Waals surface area contributed by atoms with E-state index in [0.717, 1.165) is 10.0 Å². The van der Waals surface area contributed by atoms with Crippen LogP contribution in [0.5, 0.6) is 0 Å². The van der Waals surface area contributed by atoms with Gasteiger partial charge in [0.2, 0.25) is 0 Å². The van der Waals surface area contributed by atoms with Crippen LogP contribution in [-0.2, 0) is 9.53 Å². The van der Waals surface area contributed by atoms with E-state index in [1.807, 2.05) is 25.1 Å². The molecule has 1 amide bonds. The largest absolute Gasteiger partial charge is 0.449 e. The van der Waals surface area contributed by atoms with Gasteiger partial charge in [-0.2, -0.15) is 0 Å². The number of rotatable bonds is 4. The first-order valence-corrected chi connectivity index (χ1v) is 7.59. The summed E-state index contributed by atoms with van der Waals surface area (Å²) in [5.41, 5.74) is 2.06. The van der Waals surface area contributed by atoms with Crippen LogP contribution in [-0.4, -0.2) is 18.0 Å². The second kappa shape index (κ2) is 7.22. The Morgan fingerprint density at radius 3 is 2.36 bits per heavy atom. The van der Waals surface area contributed by atoms with Crippen molar-refractivity contribution in [1.29, 1.82) is 0 Å². The van der Waals surface area contributed by atoms with Crippen LogP contribution in [0, 0.1) is 6.92 Å². The minimum Gasteiger partial charge on any atom is -0.449 e. The highest BCUT2D eigenvalue weighted by Crippen LogP contribution is 2.15. The summed E-state index contributed by atoms with van der Waals surface area (Å²) in [6, 6.07) is 14.2. The fourth-order valence-electron chi connectivity index (χ4n) is 1.82. The van der Waals surface area contributed by atoms with E-state index in [0.29, 0.717) is 11.3 Å². The van der Waals surface area contributed by atoms with E-state index in [9.17, 15) is 9.59 Å². The predicted octanol–water partition coefficient (Wildman–Crippen LogP) is 3.94. The van der Waals surface area contributed by atoms with Gasteiger partial charge in [-0.1, -0.05) is 34.1 Å². The lowest BCUT2D eigenvalue weighted by molar-refractivity contribution is -0.123. The van der Waals surface area contributed by atoms with E-state index in [1.165, 1.54) is 0 Å². The molecule has 0 saturated carbocycles. The number of halogens is 1. The molecule has 1 N–H and O–H groups in total. The number of benzene rings is 2. The van der Waals surface area contributed by atoms with Gasteiger partial charge in [0.05, 0.1) is 5.56 Å².